The Morgan fingerprint density at radius 1 is 0.857 bits per heavy atom. The molecule has 1 aliphatic carbocycles. The van der Waals surface area contributed by atoms with Gasteiger partial charge in [-0.05, 0) is 31.1 Å². The van der Waals surface area contributed by atoms with Crippen LogP contribution in [0, 0.1) is 5.41 Å². The van der Waals surface area contributed by atoms with E-state index in [4.69, 9.17) is 0 Å². The molecule has 0 heterocycles. The normalized spacial score (nSPS) is 21.3. The van der Waals surface area contributed by atoms with Gasteiger partial charge in [0, 0.05) is 0 Å². The van der Waals surface area contributed by atoms with Gasteiger partial charge in [0.25, 0.3) is 0 Å². The second kappa shape index (κ2) is 10.8. The first-order chi connectivity index (χ1) is 6.71. The first-order valence-corrected chi connectivity index (χ1v) is 6.36. The van der Waals surface area contributed by atoms with Gasteiger partial charge in [-0.2, -0.15) is 0 Å². The summed E-state index contributed by atoms with van der Waals surface area (Å²) in [6, 6.07) is 0. The standard InChI is InChI=1S/C10H18.2C2H6/c1-10(2)8-6-4-3-5-7-9-10;2*1-2/h4,6H,3,5,7-9H2,1-2H3;2*1-2H3/b6-4-;;. The smallest absolute Gasteiger partial charge is 0.0299 e. The lowest BCUT2D eigenvalue weighted by Gasteiger charge is -2.23. The molecular weight excluding hydrogens is 168 g/mol. The largest absolute Gasteiger partial charge is 0.0885 e. The zero-order valence-electron chi connectivity index (χ0n) is 11.2. The van der Waals surface area contributed by atoms with Crippen LogP contribution in [0.25, 0.3) is 0 Å². The number of allylic oxidation sites excluding steroid dienone is 2. The summed E-state index contributed by atoms with van der Waals surface area (Å²) >= 11 is 0. The Hall–Kier alpha value is -0.260. The zero-order valence-corrected chi connectivity index (χ0v) is 11.2. The van der Waals surface area contributed by atoms with Crippen molar-refractivity contribution in [1.29, 1.82) is 0 Å². The van der Waals surface area contributed by atoms with Crippen molar-refractivity contribution in [3.63, 3.8) is 0 Å². The fourth-order valence-electron chi connectivity index (χ4n) is 1.49. The Morgan fingerprint density at radius 3 is 2.00 bits per heavy atom. The van der Waals surface area contributed by atoms with Gasteiger partial charge in [-0.1, -0.05) is 60.1 Å². The summed E-state index contributed by atoms with van der Waals surface area (Å²) in [6.07, 6.45) is 11.5. The van der Waals surface area contributed by atoms with E-state index in [9.17, 15) is 0 Å². The van der Waals surface area contributed by atoms with Gasteiger partial charge in [0.05, 0.1) is 0 Å². The second-order valence-electron chi connectivity index (χ2n) is 4.09. The third kappa shape index (κ3) is 9.83. The first kappa shape index (κ1) is 16.2. The molecule has 86 valence electrons. The molecule has 0 saturated heterocycles. The van der Waals surface area contributed by atoms with E-state index in [2.05, 4.69) is 26.0 Å². The lowest BCUT2D eigenvalue weighted by atomic mass is 9.82. The molecule has 1 aliphatic rings. The molecule has 0 aromatic heterocycles. The number of rotatable bonds is 0. The molecule has 1 rings (SSSR count). The van der Waals surface area contributed by atoms with Gasteiger partial charge in [0.15, 0.2) is 0 Å². The zero-order chi connectivity index (χ0) is 11.4. The summed E-state index contributed by atoms with van der Waals surface area (Å²) in [4.78, 5) is 0. The van der Waals surface area contributed by atoms with Gasteiger partial charge in [-0.25, -0.2) is 0 Å². The molecule has 0 amide bonds. The van der Waals surface area contributed by atoms with Crippen LogP contribution >= 0.6 is 0 Å². The van der Waals surface area contributed by atoms with E-state index >= 15 is 0 Å². The quantitative estimate of drug-likeness (QED) is 0.445. The highest BCUT2D eigenvalue weighted by atomic mass is 14.2. The molecule has 0 N–H and O–H groups in total. The molecule has 0 aromatic carbocycles. The summed E-state index contributed by atoms with van der Waals surface area (Å²) in [6.45, 7) is 12.7. The van der Waals surface area contributed by atoms with E-state index < -0.39 is 0 Å². The highest BCUT2D eigenvalue weighted by Gasteiger charge is 2.15. The molecule has 0 nitrogen and oxygen atoms in total. The van der Waals surface area contributed by atoms with Crippen molar-refractivity contribution in [3.8, 4) is 0 Å². The average molecular weight is 198 g/mol. The predicted octanol–water partition coefficient (Wildman–Crippen LogP) is 5.59. The van der Waals surface area contributed by atoms with Gasteiger partial charge in [0.2, 0.25) is 0 Å². The lowest BCUT2D eigenvalue weighted by molar-refractivity contribution is 0.321. The topological polar surface area (TPSA) is 0 Å². The van der Waals surface area contributed by atoms with Gasteiger partial charge in [-0.15, -0.1) is 0 Å². The molecular formula is C14H30. The molecule has 0 saturated carbocycles. The maximum absolute atomic E-state index is 2.36. The van der Waals surface area contributed by atoms with Crippen LogP contribution in [0.3, 0.4) is 0 Å². The molecule has 0 spiro atoms. The monoisotopic (exact) mass is 198 g/mol. The van der Waals surface area contributed by atoms with E-state index in [-0.39, 0.29) is 0 Å². The molecule has 0 radical (unpaired) electrons. The molecule has 0 unspecified atom stereocenters. The third-order valence-corrected chi connectivity index (χ3v) is 2.31. The second-order valence-corrected chi connectivity index (χ2v) is 4.09. The van der Waals surface area contributed by atoms with Crippen molar-refractivity contribution >= 4 is 0 Å². The number of hydrogen-bond donors (Lipinski definition) is 0. The fourth-order valence-corrected chi connectivity index (χ4v) is 1.49. The van der Waals surface area contributed by atoms with E-state index in [0.29, 0.717) is 5.41 Å². The minimum Gasteiger partial charge on any atom is -0.0885 e. The number of hydrogen-bond acceptors (Lipinski definition) is 0. The van der Waals surface area contributed by atoms with Crippen LogP contribution < -0.4 is 0 Å². The van der Waals surface area contributed by atoms with Gasteiger partial charge >= 0.3 is 0 Å². The van der Waals surface area contributed by atoms with Crippen LogP contribution in [0.4, 0.5) is 0 Å². The summed E-state index contributed by atoms with van der Waals surface area (Å²) in [7, 11) is 0. The molecule has 0 fully saturated rings. The van der Waals surface area contributed by atoms with E-state index in [1.54, 1.807) is 0 Å². The Bertz CT molecular complexity index is 120. The van der Waals surface area contributed by atoms with Crippen molar-refractivity contribution in [2.24, 2.45) is 5.41 Å². The molecule has 0 heteroatoms. The lowest BCUT2D eigenvalue weighted by Crippen LogP contribution is -2.10. The highest BCUT2D eigenvalue weighted by molar-refractivity contribution is 4.89. The van der Waals surface area contributed by atoms with Crippen molar-refractivity contribution in [2.75, 3.05) is 0 Å². The molecule has 0 atom stereocenters. The Kier molecular flexibility index (Phi) is 12.5. The summed E-state index contributed by atoms with van der Waals surface area (Å²) in [5, 5.41) is 0. The summed E-state index contributed by atoms with van der Waals surface area (Å²) in [5.74, 6) is 0. The highest BCUT2D eigenvalue weighted by Crippen LogP contribution is 2.29. The van der Waals surface area contributed by atoms with E-state index in [0.717, 1.165) is 0 Å². The Balaban J connectivity index is 0. The van der Waals surface area contributed by atoms with Gasteiger partial charge in [0.1, 0.15) is 0 Å². The Morgan fingerprint density at radius 2 is 1.43 bits per heavy atom. The van der Waals surface area contributed by atoms with Crippen molar-refractivity contribution < 1.29 is 0 Å². The molecule has 0 bridgehead atoms. The van der Waals surface area contributed by atoms with Crippen LogP contribution in [0.5, 0.6) is 0 Å². The van der Waals surface area contributed by atoms with Crippen molar-refractivity contribution in [3.05, 3.63) is 12.2 Å². The van der Waals surface area contributed by atoms with E-state index in [1.807, 2.05) is 27.7 Å². The van der Waals surface area contributed by atoms with E-state index in [1.165, 1.54) is 32.1 Å². The molecule has 0 aromatic rings. The minimum absolute atomic E-state index is 0.566. The van der Waals surface area contributed by atoms with Gasteiger partial charge < -0.3 is 0 Å². The minimum atomic E-state index is 0.566. The average Bonchev–Trinajstić information content (AvgIpc) is 2.19. The van der Waals surface area contributed by atoms with Gasteiger partial charge in [-0.3, -0.25) is 0 Å². The fraction of sp³-hybridized carbons (Fsp3) is 0.857. The Labute approximate surface area is 91.8 Å². The van der Waals surface area contributed by atoms with Crippen LogP contribution in [-0.4, -0.2) is 0 Å². The molecule has 14 heavy (non-hydrogen) atoms. The third-order valence-electron chi connectivity index (χ3n) is 2.31. The summed E-state index contributed by atoms with van der Waals surface area (Å²) in [5.41, 5.74) is 0.566. The van der Waals surface area contributed by atoms with Crippen LogP contribution in [0.15, 0.2) is 12.2 Å². The van der Waals surface area contributed by atoms with Crippen molar-refractivity contribution in [1.82, 2.24) is 0 Å². The molecule has 0 aliphatic heterocycles. The van der Waals surface area contributed by atoms with Crippen LogP contribution in [0.1, 0.15) is 73.6 Å². The summed E-state index contributed by atoms with van der Waals surface area (Å²) < 4.78 is 0. The predicted molar refractivity (Wildman–Crippen MR) is 68.7 cm³/mol. The SMILES string of the molecule is CC.CC.CC1(C)C/C=C\CCCC1. The maximum Gasteiger partial charge on any atom is -0.0299 e. The first-order valence-electron chi connectivity index (χ1n) is 6.36. The van der Waals surface area contributed by atoms with Crippen molar-refractivity contribution in [2.45, 2.75) is 73.6 Å². The maximum atomic E-state index is 2.36. The van der Waals surface area contributed by atoms with Crippen LogP contribution in [0.2, 0.25) is 0 Å². The van der Waals surface area contributed by atoms with Crippen LogP contribution in [-0.2, 0) is 0 Å².